The minimum Gasteiger partial charge on any atom is -0.310 e. The molecule has 10 aromatic rings. The summed E-state index contributed by atoms with van der Waals surface area (Å²) in [5, 5.41) is 0. The average molecular weight is 1070 g/mol. The minimum atomic E-state index is -0.0700. The van der Waals surface area contributed by atoms with Crippen molar-refractivity contribution in [1.29, 1.82) is 0 Å². The van der Waals surface area contributed by atoms with Gasteiger partial charge in [0.05, 0.1) is 0 Å². The van der Waals surface area contributed by atoms with Crippen molar-refractivity contribution in [3.63, 3.8) is 0 Å². The predicted molar refractivity (Wildman–Crippen MR) is 285 cm³/mol. The van der Waals surface area contributed by atoms with Gasteiger partial charge in [-0.25, -0.2) is 0 Å². The molecule has 1 radical (unpaired) electrons. The third-order valence-electron chi connectivity index (χ3n) is 13.9. The first kappa shape index (κ1) is 45.2. The van der Waals surface area contributed by atoms with E-state index >= 15 is 0 Å². The molecule has 4 heteroatoms. The standard InChI is InChI=1S/C54H44N2.C11H8N.Ir/c1-53(2)49-21-13-11-19-45(49)47-33-31-43(35-51(47)53)55(39-15-7-5-8-16-39)41-27-23-37(24-28-41)38-25-29-42(30-26-38)56(40-17-9-6-10-18-40)44-32-34-48-46-20-12-14-22-50(46)54(3,4)52(48)36-44;1-2-6-10(7-3-1)11-8-4-5-9-12-11;/h5-36H,1-4H3;1-6,8-9H;/q;-1;. The fourth-order valence-corrected chi connectivity index (χ4v) is 10.4. The van der Waals surface area contributed by atoms with Crippen LogP contribution in [0.2, 0.25) is 0 Å². The van der Waals surface area contributed by atoms with E-state index in [1.807, 2.05) is 42.5 Å². The van der Waals surface area contributed by atoms with Crippen LogP contribution in [-0.4, -0.2) is 4.98 Å². The number of benzene rings is 9. The number of hydrogen-bond acceptors (Lipinski definition) is 3. The zero-order chi connectivity index (χ0) is 46.2. The van der Waals surface area contributed by atoms with Crippen molar-refractivity contribution in [3.05, 3.63) is 271 Å². The molecule has 0 N–H and O–H groups in total. The van der Waals surface area contributed by atoms with Gasteiger partial charge in [-0.15, -0.1) is 35.9 Å². The van der Waals surface area contributed by atoms with Gasteiger partial charge in [-0.05, 0) is 140 Å². The van der Waals surface area contributed by atoms with Gasteiger partial charge in [-0.3, -0.25) is 0 Å². The van der Waals surface area contributed by atoms with Gasteiger partial charge in [0, 0.05) is 71.3 Å². The average Bonchev–Trinajstić information content (AvgIpc) is 3.77. The zero-order valence-electron chi connectivity index (χ0n) is 39.3. The summed E-state index contributed by atoms with van der Waals surface area (Å²) in [7, 11) is 0. The van der Waals surface area contributed by atoms with Crippen molar-refractivity contribution in [2.24, 2.45) is 0 Å². The van der Waals surface area contributed by atoms with E-state index < -0.39 is 0 Å². The molecule has 0 aliphatic heterocycles. The smallest absolute Gasteiger partial charge is 0.0465 e. The number of para-hydroxylation sites is 2. The van der Waals surface area contributed by atoms with Gasteiger partial charge in [0.25, 0.3) is 0 Å². The van der Waals surface area contributed by atoms with Crippen LogP contribution in [0, 0.1) is 6.07 Å². The van der Waals surface area contributed by atoms with Crippen molar-refractivity contribution >= 4 is 34.1 Å². The third kappa shape index (κ3) is 8.41. The number of fused-ring (bicyclic) bond motifs is 6. The summed E-state index contributed by atoms with van der Waals surface area (Å²) in [4.78, 5) is 8.97. The quantitative estimate of drug-likeness (QED) is 0.141. The van der Waals surface area contributed by atoms with Crippen molar-refractivity contribution in [1.82, 2.24) is 4.98 Å². The van der Waals surface area contributed by atoms with E-state index in [9.17, 15) is 0 Å². The Morgan fingerprint density at radius 1 is 0.348 bits per heavy atom. The molecule has 1 aromatic heterocycles. The Morgan fingerprint density at radius 2 is 0.739 bits per heavy atom. The first-order valence-corrected chi connectivity index (χ1v) is 23.5. The molecule has 0 saturated carbocycles. The molecule has 0 amide bonds. The van der Waals surface area contributed by atoms with Crippen LogP contribution in [0.1, 0.15) is 49.9 Å². The van der Waals surface area contributed by atoms with E-state index in [-0.39, 0.29) is 30.9 Å². The number of anilines is 6. The van der Waals surface area contributed by atoms with Gasteiger partial charge in [0.2, 0.25) is 0 Å². The van der Waals surface area contributed by atoms with Crippen LogP contribution in [0.25, 0.3) is 44.6 Å². The van der Waals surface area contributed by atoms with Gasteiger partial charge in [-0.2, -0.15) is 0 Å². The molecule has 0 spiro atoms. The number of nitrogens with zero attached hydrogens (tertiary/aromatic N) is 3. The Labute approximate surface area is 420 Å². The molecule has 2 aliphatic rings. The largest absolute Gasteiger partial charge is 0.310 e. The van der Waals surface area contributed by atoms with Crippen LogP contribution in [0.5, 0.6) is 0 Å². The predicted octanol–water partition coefficient (Wildman–Crippen LogP) is 17.5. The Morgan fingerprint density at radius 3 is 1.17 bits per heavy atom. The summed E-state index contributed by atoms with van der Waals surface area (Å²) in [5.41, 5.74) is 21.9. The van der Waals surface area contributed by atoms with E-state index in [4.69, 9.17) is 0 Å². The second-order valence-electron chi connectivity index (χ2n) is 18.7. The second kappa shape index (κ2) is 18.8. The SMILES string of the molecule is CC1(C)c2ccccc2-c2ccc(N(c3ccccc3)c3ccc(-c4ccc(N(c5ccccc5)c5ccc6c(c5)C(C)(C)c5ccccc5-6)cc4)cc3)cc21.[Ir].[c-]1ccccc1-c1ccccn1. The Hall–Kier alpha value is -7.62. The maximum atomic E-state index is 4.22. The molecule has 9 aromatic carbocycles. The van der Waals surface area contributed by atoms with Crippen molar-refractivity contribution in [2.45, 2.75) is 38.5 Å². The Balaban J connectivity index is 0.000000371. The first-order valence-electron chi connectivity index (χ1n) is 23.5. The maximum Gasteiger partial charge on any atom is 0.0465 e. The molecule has 0 saturated heterocycles. The van der Waals surface area contributed by atoms with Gasteiger partial charge in [0.15, 0.2) is 0 Å². The minimum absolute atomic E-state index is 0. The fourth-order valence-electron chi connectivity index (χ4n) is 10.4. The molecule has 1 heterocycles. The molecule has 2 aliphatic carbocycles. The summed E-state index contributed by atoms with van der Waals surface area (Å²) in [6.07, 6.45) is 1.79. The monoisotopic (exact) mass is 1070 g/mol. The molecule has 0 atom stereocenters. The van der Waals surface area contributed by atoms with Crippen LogP contribution >= 0.6 is 0 Å². The molecule has 0 unspecified atom stereocenters. The third-order valence-corrected chi connectivity index (χ3v) is 13.9. The fraction of sp³-hybridized carbons (Fsp3) is 0.0923. The molecular weight excluding hydrogens is 1010 g/mol. The normalized spacial score (nSPS) is 13.0. The van der Waals surface area contributed by atoms with Gasteiger partial charge in [0.1, 0.15) is 0 Å². The molecule has 3 nitrogen and oxygen atoms in total. The summed E-state index contributed by atoms with van der Waals surface area (Å²) >= 11 is 0. The Bertz CT molecular complexity index is 3140. The van der Waals surface area contributed by atoms with E-state index in [1.165, 1.54) is 55.6 Å². The maximum absolute atomic E-state index is 4.22. The molecule has 0 bridgehead atoms. The number of hydrogen-bond donors (Lipinski definition) is 0. The number of aromatic nitrogens is 1. The summed E-state index contributed by atoms with van der Waals surface area (Å²) in [5.74, 6) is 0. The van der Waals surface area contributed by atoms with Crippen LogP contribution in [0.4, 0.5) is 34.1 Å². The van der Waals surface area contributed by atoms with Gasteiger partial charge >= 0.3 is 0 Å². The molecular formula is C65H52IrN3-. The van der Waals surface area contributed by atoms with Crippen LogP contribution in [0.3, 0.4) is 0 Å². The summed E-state index contributed by atoms with van der Waals surface area (Å²) in [6.45, 7) is 9.39. The zero-order valence-corrected chi connectivity index (χ0v) is 41.7. The van der Waals surface area contributed by atoms with Gasteiger partial charge in [-0.1, -0.05) is 161 Å². The summed E-state index contributed by atoms with van der Waals surface area (Å²) < 4.78 is 0. The summed E-state index contributed by atoms with van der Waals surface area (Å²) in [6, 6.07) is 87.9. The molecule has 12 rings (SSSR count). The van der Waals surface area contributed by atoms with Crippen LogP contribution < -0.4 is 9.80 Å². The van der Waals surface area contributed by atoms with Crippen LogP contribution in [0.15, 0.2) is 243 Å². The number of pyridine rings is 1. The number of rotatable bonds is 8. The first-order chi connectivity index (χ1) is 33.3. The van der Waals surface area contributed by atoms with Crippen molar-refractivity contribution < 1.29 is 20.1 Å². The second-order valence-corrected chi connectivity index (χ2v) is 18.7. The van der Waals surface area contributed by atoms with E-state index in [2.05, 4.69) is 243 Å². The van der Waals surface area contributed by atoms with E-state index in [0.717, 1.165) is 45.4 Å². The molecule has 0 fully saturated rings. The van der Waals surface area contributed by atoms with Gasteiger partial charge < -0.3 is 14.8 Å². The van der Waals surface area contributed by atoms with E-state index in [1.54, 1.807) is 6.20 Å². The molecule has 69 heavy (non-hydrogen) atoms. The molecule has 337 valence electrons. The van der Waals surface area contributed by atoms with Crippen LogP contribution in [-0.2, 0) is 30.9 Å². The topological polar surface area (TPSA) is 19.4 Å². The Kier molecular flexibility index (Phi) is 12.3. The van der Waals surface area contributed by atoms with Crippen molar-refractivity contribution in [3.8, 4) is 44.6 Å². The van der Waals surface area contributed by atoms with E-state index in [0.29, 0.717) is 0 Å². The van der Waals surface area contributed by atoms with Crippen molar-refractivity contribution in [2.75, 3.05) is 9.80 Å².